The van der Waals surface area contributed by atoms with Gasteiger partial charge >= 0.3 is 12.2 Å². The van der Waals surface area contributed by atoms with E-state index in [1.807, 2.05) is 18.7 Å². The molecule has 3 atom stereocenters. The first kappa shape index (κ1) is 27.3. The first-order chi connectivity index (χ1) is 19.9. The van der Waals surface area contributed by atoms with Gasteiger partial charge < -0.3 is 30.2 Å². The lowest BCUT2D eigenvalue weighted by molar-refractivity contribution is -0.137. The van der Waals surface area contributed by atoms with E-state index >= 15 is 4.39 Å². The van der Waals surface area contributed by atoms with E-state index in [4.69, 9.17) is 19.9 Å². The van der Waals surface area contributed by atoms with Crippen LogP contribution in [-0.2, 0) is 10.9 Å². The molecule has 0 radical (unpaired) electrons. The fraction of sp³-hybridized carbons (Fsp3) is 0.536. The number of aromatic nitrogens is 3. The van der Waals surface area contributed by atoms with Crippen LogP contribution in [0.3, 0.4) is 0 Å². The number of alkyl halides is 3. The molecule has 42 heavy (non-hydrogen) atoms. The average molecular weight is 593 g/mol. The lowest BCUT2D eigenvalue weighted by atomic mass is 9.71. The van der Waals surface area contributed by atoms with Crippen molar-refractivity contribution in [1.29, 1.82) is 0 Å². The van der Waals surface area contributed by atoms with Crippen molar-refractivity contribution in [3.8, 4) is 23.1 Å². The van der Waals surface area contributed by atoms with Crippen LogP contribution >= 0.6 is 0 Å². The fourth-order valence-electron chi connectivity index (χ4n) is 6.93. The Morgan fingerprint density at radius 1 is 1.17 bits per heavy atom. The van der Waals surface area contributed by atoms with Crippen LogP contribution in [-0.4, -0.2) is 65.5 Å². The summed E-state index contributed by atoms with van der Waals surface area (Å²) in [5.74, 6) is -2.19. The van der Waals surface area contributed by atoms with Crippen LogP contribution in [0.25, 0.3) is 22.2 Å². The van der Waals surface area contributed by atoms with Gasteiger partial charge in [0.15, 0.2) is 5.82 Å². The van der Waals surface area contributed by atoms with Crippen LogP contribution < -0.4 is 25.4 Å². The van der Waals surface area contributed by atoms with Gasteiger partial charge in [-0.05, 0) is 45.2 Å². The number of nitrogens with two attached hydrogens (primary N) is 1. The average Bonchev–Trinajstić information content (AvgIpc) is 3.49. The predicted molar refractivity (Wildman–Crippen MR) is 142 cm³/mol. The number of nitrogen functional groups attached to an aromatic ring is 1. The number of fused-ring (bicyclic) bond motifs is 3. The van der Waals surface area contributed by atoms with E-state index in [0.29, 0.717) is 25.5 Å². The molecule has 5 aliphatic rings. The Hall–Kier alpha value is -3.52. The molecule has 3 saturated heterocycles. The second kappa shape index (κ2) is 9.24. The normalized spacial score (nSPS) is 28.2. The van der Waals surface area contributed by atoms with Crippen molar-refractivity contribution >= 4 is 22.4 Å². The van der Waals surface area contributed by atoms with Gasteiger partial charge in [0.25, 0.3) is 0 Å². The van der Waals surface area contributed by atoms with Gasteiger partial charge in [-0.1, -0.05) is 0 Å². The van der Waals surface area contributed by atoms with E-state index < -0.39 is 52.0 Å². The molecule has 14 heteroatoms. The molecule has 1 aliphatic carbocycles. The summed E-state index contributed by atoms with van der Waals surface area (Å²) in [5, 5.41) is 3.52. The van der Waals surface area contributed by atoms with Crippen molar-refractivity contribution in [3.63, 3.8) is 0 Å². The molecule has 2 aromatic heterocycles. The molecule has 1 aromatic carbocycles. The Morgan fingerprint density at radius 3 is 2.62 bits per heavy atom. The topological polar surface area (TPSA) is 108 Å². The monoisotopic (exact) mass is 592 g/mol. The maximum absolute atomic E-state index is 16.5. The molecule has 4 fully saturated rings. The number of hydrogen-bond donors (Lipinski definition) is 2. The van der Waals surface area contributed by atoms with Crippen LogP contribution in [0.4, 0.5) is 33.5 Å². The van der Waals surface area contributed by atoms with E-state index in [-0.39, 0.29) is 53.0 Å². The quantitative estimate of drug-likeness (QED) is 0.337. The summed E-state index contributed by atoms with van der Waals surface area (Å²) >= 11 is 0. The molecule has 3 N–H and O–H groups in total. The van der Waals surface area contributed by atoms with E-state index in [1.165, 1.54) is 0 Å². The highest BCUT2D eigenvalue weighted by Gasteiger charge is 2.52. The van der Waals surface area contributed by atoms with Crippen molar-refractivity contribution < 1.29 is 36.2 Å². The number of ether oxygens (including phenoxy) is 3. The highest BCUT2D eigenvalue weighted by Crippen LogP contribution is 2.50. The summed E-state index contributed by atoms with van der Waals surface area (Å²) in [6.45, 7) is 6.64. The number of nitrogens with zero attached hydrogens (tertiary/aromatic N) is 4. The van der Waals surface area contributed by atoms with Gasteiger partial charge in [-0.15, -0.1) is 0 Å². The summed E-state index contributed by atoms with van der Waals surface area (Å²) in [6.07, 6.45) is -3.66. The maximum atomic E-state index is 16.5. The number of pyridine rings is 1. The molecule has 0 amide bonds. The molecule has 2 bridgehead atoms. The summed E-state index contributed by atoms with van der Waals surface area (Å²) in [4.78, 5) is 15.3. The molecule has 6 heterocycles. The van der Waals surface area contributed by atoms with Crippen LogP contribution in [0.15, 0.2) is 6.07 Å². The van der Waals surface area contributed by atoms with Crippen molar-refractivity contribution in [3.05, 3.63) is 28.8 Å². The predicted octanol–water partition coefficient (Wildman–Crippen LogP) is 4.38. The van der Waals surface area contributed by atoms with Crippen LogP contribution in [0.5, 0.6) is 11.9 Å². The van der Waals surface area contributed by atoms with Crippen molar-refractivity contribution in [2.24, 2.45) is 5.41 Å². The number of anilines is 2. The lowest BCUT2D eigenvalue weighted by Gasteiger charge is -2.42. The smallest absolute Gasteiger partial charge is 0.417 e. The Balaban J connectivity index is 1.46. The Labute approximate surface area is 237 Å². The van der Waals surface area contributed by atoms with Crippen molar-refractivity contribution in [2.75, 3.05) is 36.9 Å². The third-order valence-corrected chi connectivity index (χ3v) is 8.97. The second-order valence-corrected chi connectivity index (χ2v) is 11.8. The number of halogens is 5. The minimum Gasteiger partial charge on any atom is -0.472 e. The highest BCUT2D eigenvalue weighted by atomic mass is 19.4. The highest BCUT2D eigenvalue weighted by molar-refractivity contribution is 5.97. The molecular formula is C28H29F5N6O3. The lowest BCUT2D eigenvalue weighted by Crippen LogP contribution is -2.61. The van der Waals surface area contributed by atoms with Crippen molar-refractivity contribution in [1.82, 2.24) is 20.3 Å². The third kappa shape index (κ3) is 4.05. The van der Waals surface area contributed by atoms with Gasteiger partial charge in [-0.2, -0.15) is 23.1 Å². The van der Waals surface area contributed by atoms with Gasteiger partial charge in [0.1, 0.15) is 34.3 Å². The van der Waals surface area contributed by atoms with E-state index in [9.17, 15) is 17.6 Å². The summed E-state index contributed by atoms with van der Waals surface area (Å²) < 4.78 is 91.8. The Morgan fingerprint density at radius 2 is 1.93 bits per heavy atom. The van der Waals surface area contributed by atoms with Crippen LogP contribution in [0.2, 0.25) is 0 Å². The molecule has 1 saturated carbocycles. The number of nitrogens with one attached hydrogen (secondary N) is 1. The van der Waals surface area contributed by atoms with E-state index in [1.54, 1.807) is 0 Å². The van der Waals surface area contributed by atoms with Gasteiger partial charge in [-0.25, -0.2) is 13.8 Å². The summed E-state index contributed by atoms with van der Waals surface area (Å²) in [7, 11) is 0. The molecule has 2 unspecified atom stereocenters. The SMILES string of the molecule is Cc1c(F)c(N)cc(-c2nc3c4c(nc(OCC56COC(C5)C6)nc4c2F)N2CCN[C@@H](C)C2C(C)O3)c1C(F)(F)F. The number of benzene rings is 1. The first-order valence-electron chi connectivity index (χ1n) is 13.9. The molecule has 3 aromatic rings. The van der Waals surface area contributed by atoms with Gasteiger partial charge in [0, 0.05) is 30.1 Å². The number of hydrogen-bond acceptors (Lipinski definition) is 9. The van der Waals surface area contributed by atoms with E-state index in [0.717, 1.165) is 25.8 Å². The molecule has 4 aliphatic heterocycles. The van der Waals surface area contributed by atoms with Crippen LogP contribution in [0, 0.1) is 24.0 Å². The molecule has 0 spiro atoms. The van der Waals surface area contributed by atoms with Crippen molar-refractivity contribution in [2.45, 2.75) is 64.1 Å². The van der Waals surface area contributed by atoms with Gasteiger partial charge in [0.2, 0.25) is 5.88 Å². The zero-order valence-corrected chi connectivity index (χ0v) is 23.1. The Bertz CT molecular complexity index is 1610. The Kier molecular flexibility index (Phi) is 6.01. The molecule has 9 nitrogen and oxygen atoms in total. The third-order valence-electron chi connectivity index (χ3n) is 8.97. The minimum atomic E-state index is -5.03. The molecule has 224 valence electrons. The summed E-state index contributed by atoms with van der Waals surface area (Å²) in [6, 6.07) is 0.291. The molecular weight excluding hydrogens is 563 g/mol. The fourth-order valence-corrected chi connectivity index (χ4v) is 6.93. The standard InChI is InChI=1S/C28H29F5N6O3/c1-11-18(28(31,32)33)15(6-16(34)19(11)29)21-20(30)22-17-24(38-26(37-22)41-10-27-7-14(8-27)40-9-27)39-5-4-35-12(2)23(39)13(3)42-25(17)36-21/h6,12-14,23,35H,4-5,7-10,34H2,1-3H3/t12-,13?,14?,23?,27?/m0/s1. The zero-order valence-electron chi connectivity index (χ0n) is 23.1. The van der Waals surface area contributed by atoms with Gasteiger partial charge in [0.05, 0.1) is 36.6 Å². The van der Waals surface area contributed by atoms with Crippen LogP contribution in [0.1, 0.15) is 37.8 Å². The number of rotatable bonds is 4. The van der Waals surface area contributed by atoms with Gasteiger partial charge in [-0.3, -0.25) is 0 Å². The largest absolute Gasteiger partial charge is 0.472 e. The minimum absolute atomic E-state index is 0.0698. The maximum Gasteiger partial charge on any atom is 0.417 e. The first-order valence-corrected chi connectivity index (χ1v) is 13.9. The number of piperazine rings is 1. The zero-order chi connectivity index (χ0) is 29.7. The van der Waals surface area contributed by atoms with E-state index in [2.05, 4.69) is 20.3 Å². The second-order valence-electron chi connectivity index (χ2n) is 11.8. The summed E-state index contributed by atoms with van der Waals surface area (Å²) in [5.41, 5.74) is 1.11. The molecule has 8 rings (SSSR count).